The molecule has 12 heavy (non-hydrogen) atoms. The number of aliphatic hydroxyl groups excluding tert-OH is 1. The molecule has 0 rings (SSSR count). The molecule has 0 aliphatic rings. The maximum atomic E-state index is 9.35. The SMILES string of the molecule is C=CCCCC(O)OC(C)(C)C. The molecule has 2 heteroatoms. The highest BCUT2D eigenvalue weighted by Crippen LogP contribution is 2.13. The Balaban J connectivity index is 3.46. The van der Waals surface area contributed by atoms with Gasteiger partial charge in [-0.2, -0.15) is 0 Å². The Morgan fingerprint density at radius 1 is 1.50 bits per heavy atom. The van der Waals surface area contributed by atoms with Crippen LogP contribution in [0.5, 0.6) is 0 Å². The van der Waals surface area contributed by atoms with Gasteiger partial charge >= 0.3 is 0 Å². The van der Waals surface area contributed by atoms with E-state index in [1.807, 2.05) is 26.8 Å². The largest absolute Gasteiger partial charge is 0.368 e. The molecule has 0 radical (unpaired) electrons. The van der Waals surface area contributed by atoms with Gasteiger partial charge in [-0.05, 0) is 40.0 Å². The molecule has 1 unspecified atom stereocenters. The zero-order chi connectivity index (χ0) is 9.61. The molecule has 1 atom stereocenters. The van der Waals surface area contributed by atoms with E-state index in [2.05, 4.69) is 6.58 Å². The average molecular weight is 172 g/mol. The molecule has 1 N–H and O–H groups in total. The van der Waals surface area contributed by atoms with Crippen molar-refractivity contribution in [1.29, 1.82) is 0 Å². The van der Waals surface area contributed by atoms with Gasteiger partial charge in [0.2, 0.25) is 0 Å². The van der Waals surface area contributed by atoms with Crippen molar-refractivity contribution < 1.29 is 9.84 Å². The first-order chi connectivity index (χ1) is 5.45. The van der Waals surface area contributed by atoms with E-state index in [1.165, 1.54) is 0 Å². The molecular weight excluding hydrogens is 152 g/mol. The fourth-order valence-corrected chi connectivity index (χ4v) is 0.904. The molecule has 0 fully saturated rings. The lowest BCUT2D eigenvalue weighted by molar-refractivity contribution is -0.168. The quantitative estimate of drug-likeness (QED) is 0.392. The molecule has 72 valence electrons. The summed E-state index contributed by atoms with van der Waals surface area (Å²) in [7, 11) is 0. The lowest BCUT2D eigenvalue weighted by Gasteiger charge is -2.23. The highest BCUT2D eigenvalue weighted by molar-refractivity contribution is 4.66. The molecule has 0 aromatic heterocycles. The standard InChI is InChI=1S/C10H20O2/c1-5-6-7-8-9(11)12-10(2,3)4/h5,9,11H,1,6-8H2,2-4H3. The van der Waals surface area contributed by atoms with Gasteiger partial charge < -0.3 is 9.84 Å². The molecule has 2 nitrogen and oxygen atoms in total. The summed E-state index contributed by atoms with van der Waals surface area (Å²) >= 11 is 0. The summed E-state index contributed by atoms with van der Waals surface area (Å²) in [5.74, 6) is 0. The average Bonchev–Trinajstić information content (AvgIpc) is 1.84. The topological polar surface area (TPSA) is 29.5 Å². The van der Waals surface area contributed by atoms with Crippen molar-refractivity contribution in [2.45, 2.75) is 51.9 Å². The first-order valence-electron chi connectivity index (χ1n) is 4.42. The number of aliphatic hydroxyl groups is 1. The third kappa shape index (κ3) is 7.76. The van der Waals surface area contributed by atoms with Crippen LogP contribution in [0.2, 0.25) is 0 Å². The van der Waals surface area contributed by atoms with E-state index in [1.54, 1.807) is 0 Å². The smallest absolute Gasteiger partial charge is 0.155 e. The first-order valence-corrected chi connectivity index (χ1v) is 4.42. The number of hydrogen-bond donors (Lipinski definition) is 1. The molecule has 0 aliphatic carbocycles. The molecule has 0 aliphatic heterocycles. The summed E-state index contributed by atoms with van der Waals surface area (Å²) in [5.41, 5.74) is -0.256. The van der Waals surface area contributed by atoms with Crippen LogP contribution in [-0.2, 0) is 4.74 Å². The fourth-order valence-electron chi connectivity index (χ4n) is 0.904. The van der Waals surface area contributed by atoms with Crippen molar-refractivity contribution in [2.75, 3.05) is 0 Å². The molecule has 0 saturated heterocycles. The minimum Gasteiger partial charge on any atom is -0.368 e. The molecular formula is C10H20O2. The van der Waals surface area contributed by atoms with E-state index in [-0.39, 0.29) is 5.60 Å². The van der Waals surface area contributed by atoms with Crippen LogP contribution in [0.25, 0.3) is 0 Å². The van der Waals surface area contributed by atoms with Crippen LogP contribution in [0.15, 0.2) is 12.7 Å². The van der Waals surface area contributed by atoms with Crippen LogP contribution in [-0.4, -0.2) is 17.0 Å². The monoisotopic (exact) mass is 172 g/mol. The predicted molar refractivity (Wildman–Crippen MR) is 50.9 cm³/mol. The number of rotatable bonds is 5. The second kappa shape index (κ2) is 5.33. The summed E-state index contributed by atoms with van der Waals surface area (Å²) in [6, 6.07) is 0. The lowest BCUT2D eigenvalue weighted by atomic mass is 10.2. The Labute approximate surface area is 75.2 Å². The fraction of sp³-hybridized carbons (Fsp3) is 0.800. The summed E-state index contributed by atoms with van der Waals surface area (Å²) in [5, 5.41) is 9.35. The number of ether oxygens (including phenoxy) is 1. The molecule has 0 heterocycles. The van der Waals surface area contributed by atoms with Gasteiger partial charge in [0.15, 0.2) is 6.29 Å². The Hall–Kier alpha value is -0.340. The van der Waals surface area contributed by atoms with E-state index in [0.717, 1.165) is 12.8 Å². The van der Waals surface area contributed by atoms with Gasteiger partial charge in [0.1, 0.15) is 0 Å². The van der Waals surface area contributed by atoms with Crippen LogP contribution in [0.4, 0.5) is 0 Å². The van der Waals surface area contributed by atoms with Crippen molar-refractivity contribution in [3.8, 4) is 0 Å². The molecule has 0 saturated carbocycles. The van der Waals surface area contributed by atoms with Gasteiger partial charge in [0.25, 0.3) is 0 Å². The summed E-state index contributed by atoms with van der Waals surface area (Å²) in [4.78, 5) is 0. The Bertz CT molecular complexity index is 124. The van der Waals surface area contributed by atoms with Crippen LogP contribution >= 0.6 is 0 Å². The minimum absolute atomic E-state index is 0.256. The lowest BCUT2D eigenvalue weighted by Crippen LogP contribution is -2.27. The highest BCUT2D eigenvalue weighted by Gasteiger charge is 2.15. The normalized spacial score (nSPS) is 14.3. The van der Waals surface area contributed by atoms with Crippen molar-refractivity contribution in [3.05, 3.63) is 12.7 Å². The van der Waals surface area contributed by atoms with Crippen molar-refractivity contribution in [2.24, 2.45) is 0 Å². The van der Waals surface area contributed by atoms with Crippen LogP contribution < -0.4 is 0 Å². The summed E-state index contributed by atoms with van der Waals surface area (Å²) < 4.78 is 5.31. The van der Waals surface area contributed by atoms with E-state index in [9.17, 15) is 5.11 Å². The van der Waals surface area contributed by atoms with Crippen LogP contribution in [0.3, 0.4) is 0 Å². The summed E-state index contributed by atoms with van der Waals surface area (Å²) in [6.45, 7) is 9.41. The zero-order valence-electron chi connectivity index (χ0n) is 8.34. The Morgan fingerprint density at radius 2 is 2.08 bits per heavy atom. The van der Waals surface area contributed by atoms with Gasteiger partial charge in [-0.15, -0.1) is 6.58 Å². The maximum absolute atomic E-state index is 9.35. The zero-order valence-corrected chi connectivity index (χ0v) is 8.34. The maximum Gasteiger partial charge on any atom is 0.155 e. The third-order valence-electron chi connectivity index (χ3n) is 1.35. The number of hydrogen-bond acceptors (Lipinski definition) is 2. The van der Waals surface area contributed by atoms with E-state index in [4.69, 9.17) is 4.74 Å². The van der Waals surface area contributed by atoms with Crippen molar-refractivity contribution in [3.63, 3.8) is 0 Å². The van der Waals surface area contributed by atoms with E-state index < -0.39 is 6.29 Å². The molecule has 0 aromatic carbocycles. The van der Waals surface area contributed by atoms with Gasteiger partial charge in [0, 0.05) is 0 Å². The highest BCUT2D eigenvalue weighted by atomic mass is 16.6. The van der Waals surface area contributed by atoms with Gasteiger partial charge in [-0.25, -0.2) is 0 Å². The molecule has 0 spiro atoms. The van der Waals surface area contributed by atoms with Crippen LogP contribution in [0, 0.1) is 0 Å². The van der Waals surface area contributed by atoms with Crippen molar-refractivity contribution in [1.82, 2.24) is 0 Å². The minimum atomic E-state index is -0.634. The van der Waals surface area contributed by atoms with Gasteiger partial charge in [0.05, 0.1) is 5.60 Å². The molecule has 0 aromatic rings. The van der Waals surface area contributed by atoms with E-state index >= 15 is 0 Å². The first kappa shape index (κ1) is 11.7. The third-order valence-corrected chi connectivity index (χ3v) is 1.35. The van der Waals surface area contributed by atoms with Gasteiger partial charge in [-0.1, -0.05) is 6.08 Å². The Morgan fingerprint density at radius 3 is 2.50 bits per heavy atom. The molecule has 0 bridgehead atoms. The predicted octanol–water partition coefficient (Wildman–Crippen LogP) is 2.48. The number of allylic oxidation sites excluding steroid dienone is 1. The van der Waals surface area contributed by atoms with Crippen molar-refractivity contribution >= 4 is 0 Å². The second-order valence-corrected chi connectivity index (χ2v) is 3.90. The molecule has 0 amide bonds. The number of unbranched alkanes of at least 4 members (excludes halogenated alkanes) is 1. The van der Waals surface area contributed by atoms with Crippen LogP contribution in [0.1, 0.15) is 40.0 Å². The van der Waals surface area contributed by atoms with E-state index in [0.29, 0.717) is 6.42 Å². The Kier molecular flexibility index (Phi) is 5.18. The second-order valence-electron chi connectivity index (χ2n) is 3.90. The summed E-state index contributed by atoms with van der Waals surface area (Å²) in [6.07, 6.45) is 3.77. The van der Waals surface area contributed by atoms with Gasteiger partial charge in [-0.3, -0.25) is 0 Å².